The molecule has 0 amide bonds. The van der Waals surface area contributed by atoms with Gasteiger partial charge >= 0.3 is 5.97 Å². The standard InChI is InChI=1S/C27H34N2O3/c1-26(2,3)32-25(31)27-16-14-23(20-29(27)17-15-24(27)30)28(18-21-10-6-4-7-11-21)19-22-12-8-5-9-13-22/h4-13,23H,14-20H2,1-3H3/t23-,27+/m0/s1. The van der Waals surface area contributed by atoms with E-state index in [4.69, 9.17) is 4.74 Å². The Labute approximate surface area is 191 Å². The highest BCUT2D eigenvalue weighted by Crippen LogP contribution is 2.39. The summed E-state index contributed by atoms with van der Waals surface area (Å²) < 4.78 is 5.72. The molecule has 0 radical (unpaired) electrons. The Balaban J connectivity index is 1.56. The van der Waals surface area contributed by atoms with Crippen LogP contribution in [0.3, 0.4) is 0 Å². The van der Waals surface area contributed by atoms with E-state index in [0.717, 1.165) is 19.5 Å². The molecule has 4 rings (SSSR count). The highest BCUT2D eigenvalue weighted by Gasteiger charge is 2.58. The predicted octanol–water partition coefficient (Wildman–Crippen LogP) is 4.21. The number of hydrogen-bond acceptors (Lipinski definition) is 5. The molecule has 5 heteroatoms. The highest BCUT2D eigenvalue weighted by molar-refractivity contribution is 6.10. The topological polar surface area (TPSA) is 49.9 Å². The molecule has 0 spiro atoms. The summed E-state index contributed by atoms with van der Waals surface area (Å²) in [5.74, 6) is -0.355. The van der Waals surface area contributed by atoms with Gasteiger partial charge in [0.25, 0.3) is 0 Å². The molecule has 32 heavy (non-hydrogen) atoms. The van der Waals surface area contributed by atoms with Crippen LogP contribution in [0, 0.1) is 0 Å². The average molecular weight is 435 g/mol. The van der Waals surface area contributed by atoms with Crippen molar-refractivity contribution in [1.82, 2.24) is 9.80 Å². The second-order valence-electron chi connectivity index (χ2n) is 10.1. The minimum absolute atomic E-state index is 0.0165. The van der Waals surface area contributed by atoms with Crippen LogP contribution in [-0.2, 0) is 27.4 Å². The summed E-state index contributed by atoms with van der Waals surface area (Å²) in [5.41, 5.74) is 0.827. The van der Waals surface area contributed by atoms with Gasteiger partial charge in [-0.2, -0.15) is 0 Å². The largest absolute Gasteiger partial charge is 0.458 e. The van der Waals surface area contributed by atoms with Crippen molar-refractivity contribution < 1.29 is 14.3 Å². The van der Waals surface area contributed by atoms with Gasteiger partial charge < -0.3 is 4.74 Å². The van der Waals surface area contributed by atoms with Crippen LogP contribution in [0.15, 0.2) is 60.7 Å². The summed E-state index contributed by atoms with van der Waals surface area (Å²) in [6, 6.07) is 21.3. The number of rotatable bonds is 6. The Morgan fingerprint density at radius 3 is 2.12 bits per heavy atom. The molecule has 170 valence electrons. The Bertz CT molecular complexity index is 897. The normalized spacial score (nSPS) is 23.9. The molecule has 2 heterocycles. The maximum Gasteiger partial charge on any atom is 0.334 e. The molecule has 2 aromatic carbocycles. The minimum Gasteiger partial charge on any atom is -0.458 e. The Morgan fingerprint density at radius 1 is 1.03 bits per heavy atom. The number of carbonyl (C=O) groups excluding carboxylic acids is 2. The molecule has 2 aromatic rings. The number of ether oxygens (including phenoxy) is 1. The molecule has 0 unspecified atom stereocenters. The fourth-order valence-corrected chi connectivity index (χ4v) is 5.03. The number of fused-ring (bicyclic) bond motifs is 1. The van der Waals surface area contributed by atoms with E-state index in [2.05, 4.69) is 58.3 Å². The lowest BCUT2D eigenvalue weighted by molar-refractivity contribution is -0.173. The summed E-state index contributed by atoms with van der Waals surface area (Å²) in [4.78, 5) is 30.7. The van der Waals surface area contributed by atoms with E-state index >= 15 is 0 Å². The summed E-state index contributed by atoms with van der Waals surface area (Å²) in [7, 11) is 0. The SMILES string of the molecule is CC(C)(C)OC(=O)[C@]12CC[C@H](N(Cc3ccccc3)Cc3ccccc3)CN1CCC2=O. The Morgan fingerprint density at radius 2 is 1.59 bits per heavy atom. The van der Waals surface area contributed by atoms with Gasteiger partial charge in [-0.3, -0.25) is 14.6 Å². The van der Waals surface area contributed by atoms with Crippen molar-refractivity contribution in [2.75, 3.05) is 13.1 Å². The van der Waals surface area contributed by atoms with Gasteiger partial charge in [-0.1, -0.05) is 60.7 Å². The lowest BCUT2D eigenvalue weighted by atomic mass is 9.83. The van der Waals surface area contributed by atoms with Gasteiger partial charge in [0.15, 0.2) is 11.3 Å². The third-order valence-corrected chi connectivity index (χ3v) is 6.59. The van der Waals surface area contributed by atoms with Crippen LogP contribution in [0.25, 0.3) is 0 Å². The number of nitrogens with zero attached hydrogens (tertiary/aromatic N) is 2. The van der Waals surface area contributed by atoms with E-state index in [-0.39, 0.29) is 17.8 Å². The molecular weight excluding hydrogens is 400 g/mol. The fraction of sp³-hybridized carbons (Fsp3) is 0.481. The van der Waals surface area contributed by atoms with Crippen LogP contribution >= 0.6 is 0 Å². The maximum absolute atomic E-state index is 13.2. The average Bonchev–Trinajstić information content (AvgIpc) is 3.10. The Kier molecular flexibility index (Phi) is 6.50. The molecule has 2 saturated heterocycles. The lowest BCUT2D eigenvalue weighted by Gasteiger charge is -2.46. The molecule has 0 bridgehead atoms. The van der Waals surface area contributed by atoms with Crippen molar-refractivity contribution in [2.45, 2.75) is 70.3 Å². The number of ketones is 1. The molecule has 5 nitrogen and oxygen atoms in total. The van der Waals surface area contributed by atoms with Crippen LogP contribution in [0.1, 0.15) is 51.2 Å². The smallest absolute Gasteiger partial charge is 0.334 e. The number of esters is 1. The summed E-state index contributed by atoms with van der Waals surface area (Å²) in [6.45, 7) is 8.57. The van der Waals surface area contributed by atoms with E-state index < -0.39 is 11.1 Å². The van der Waals surface area contributed by atoms with Gasteiger partial charge in [0.05, 0.1) is 0 Å². The molecule has 0 N–H and O–H groups in total. The summed E-state index contributed by atoms with van der Waals surface area (Å²) in [5, 5.41) is 0. The second-order valence-corrected chi connectivity index (χ2v) is 10.1. The molecule has 2 atom stereocenters. The Hall–Kier alpha value is -2.50. The third kappa shape index (κ3) is 4.79. The van der Waals surface area contributed by atoms with Gasteiger partial charge in [0, 0.05) is 38.6 Å². The van der Waals surface area contributed by atoms with Gasteiger partial charge in [0.2, 0.25) is 0 Å². The van der Waals surface area contributed by atoms with Crippen molar-refractivity contribution in [3.8, 4) is 0 Å². The van der Waals surface area contributed by atoms with Gasteiger partial charge in [-0.05, 0) is 44.7 Å². The zero-order valence-electron chi connectivity index (χ0n) is 19.4. The maximum atomic E-state index is 13.2. The third-order valence-electron chi connectivity index (χ3n) is 6.59. The molecule has 0 aliphatic carbocycles. The summed E-state index contributed by atoms with van der Waals surface area (Å²) in [6.07, 6.45) is 1.73. The molecule has 0 saturated carbocycles. The van der Waals surface area contributed by atoms with Gasteiger partial charge in [0.1, 0.15) is 5.60 Å². The van der Waals surface area contributed by atoms with Crippen LogP contribution in [0.4, 0.5) is 0 Å². The first-order valence-electron chi connectivity index (χ1n) is 11.6. The first-order chi connectivity index (χ1) is 15.3. The van der Waals surface area contributed by atoms with Crippen LogP contribution in [0.5, 0.6) is 0 Å². The zero-order chi connectivity index (χ0) is 22.8. The number of hydrogen-bond donors (Lipinski definition) is 0. The van der Waals surface area contributed by atoms with Crippen molar-refractivity contribution >= 4 is 11.8 Å². The van der Waals surface area contributed by atoms with E-state index in [1.807, 2.05) is 32.9 Å². The molecular formula is C27H34N2O3. The molecule has 2 aliphatic heterocycles. The van der Waals surface area contributed by atoms with Crippen LogP contribution in [-0.4, -0.2) is 51.8 Å². The number of carbonyl (C=O) groups is 2. The highest BCUT2D eigenvalue weighted by atomic mass is 16.6. The molecule has 0 aromatic heterocycles. The number of benzene rings is 2. The van der Waals surface area contributed by atoms with E-state index in [0.29, 0.717) is 25.9 Å². The van der Waals surface area contributed by atoms with Crippen molar-refractivity contribution in [3.05, 3.63) is 71.8 Å². The van der Waals surface area contributed by atoms with E-state index in [1.165, 1.54) is 11.1 Å². The van der Waals surface area contributed by atoms with Crippen molar-refractivity contribution in [1.29, 1.82) is 0 Å². The second kappa shape index (κ2) is 9.16. The van der Waals surface area contributed by atoms with Crippen LogP contribution < -0.4 is 0 Å². The van der Waals surface area contributed by atoms with E-state index in [9.17, 15) is 9.59 Å². The quantitative estimate of drug-likeness (QED) is 0.504. The summed E-state index contributed by atoms with van der Waals surface area (Å²) >= 11 is 0. The number of piperidine rings is 1. The lowest BCUT2D eigenvalue weighted by Crippen LogP contribution is -2.63. The van der Waals surface area contributed by atoms with Gasteiger partial charge in [-0.15, -0.1) is 0 Å². The monoisotopic (exact) mass is 434 g/mol. The fourth-order valence-electron chi connectivity index (χ4n) is 5.03. The molecule has 2 aliphatic rings. The van der Waals surface area contributed by atoms with E-state index in [1.54, 1.807) is 0 Å². The van der Waals surface area contributed by atoms with Crippen LogP contribution in [0.2, 0.25) is 0 Å². The zero-order valence-corrected chi connectivity index (χ0v) is 19.4. The van der Waals surface area contributed by atoms with Crippen molar-refractivity contribution in [2.24, 2.45) is 0 Å². The minimum atomic E-state index is -1.10. The first-order valence-corrected chi connectivity index (χ1v) is 11.6. The predicted molar refractivity (Wildman–Crippen MR) is 125 cm³/mol. The van der Waals surface area contributed by atoms with Crippen molar-refractivity contribution in [3.63, 3.8) is 0 Å². The molecule has 2 fully saturated rings. The van der Waals surface area contributed by atoms with Gasteiger partial charge in [-0.25, -0.2) is 4.79 Å². The first kappa shape index (κ1) is 22.7. The number of Topliss-reactive ketones (excluding diaryl/α,β-unsaturated/α-hetero) is 1.